The average Bonchev–Trinajstić information content (AvgIpc) is 2.17. The Labute approximate surface area is 91.6 Å². The average molecular weight is 206 g/mol. The molecule has 0 atom stereocenters. The second kappa shape index (κ2) is 7.80. The first kappa shape index (κ1) is 13.4. The van der Waals surface area contributed by atoms with E-state index >= 15 is 0 Å². The van der Waals surface area contributed by atoms with Crippen LogP contribution in [0.3, 0.4) is 0 Å². The van der Waals surface area contributed by atoms with Gasteiger partial charge in [0, 0.05) is 6.08 Å². The molecule has 0 rings (SSSR count). The molecule has 0 aromatic carbocycles. The normalized spacial score (nSPS) is 9.73. The molecular formula is C13H18O2. The lowest BCUT2D eigenvalue weighted by atomic mass is 10.1. The van der Waals surface area contributed by atoms with Gasteiger partial charge in [-0.05, 0) is 32.8 Å². The lowest BCUT2D eigenvalue weighted by molar-refractivity contribution is -0.132. The second-order valence-electron chi connectivity index (χ2n) is 3.42. The standard InChI is InChI=1S/C13H18O2/c1-5-13(14)15-10-9-12(4)8-6-7-11(2)3/h5,7,9-10H,1,4,6,8H2,2-3H3. The maximum absolute atomic E-state index is 10.7. The van der Waals surface area contributed by atoms with Crippen molar-refractivity contribution in [3.05, 3.63) is 48.8 Å². The Kier molecular flexibility index (Phi) is 6.98. The molecule has 0 unspecified atom stereocenters. The molecule has 0 fully saturated rings. The molecule has 0 radical (unpaired) electrons. The maximum Gasteiger partial charge on any atom is 0.334 e. The summed E-state index contributed by atoms with van der Waals surface area (Å²) in [6, 6.07) is 0. The van der Waals surface area contributed by atoms with Gasteiger partial charge in [0.2, 0.25) is 0 Å². The lowest BCUT2D eigenvalue weighted by Gasteiger charge is -1.97. The molecular weight excluding hydrogens is 188 g/mol. The fraction of sp³-hybridized carbons (Fsp3) is 0.308. The number of allylic oxidation sites excluding steroid dienone is 4. The molecule has 0 aliphatic rings. The van der Waals surface area contributed by atoms with Crippen molar-refractivity contribution < 1.29 is 9.53 Å². The van der Waals surface area contributed by atoms with Crippen molar-refractivity contribution in [3.8, 4) is 0 Å². The number of esters is 1. The van der Waals surface area contributed by atoms with Gasteiger partial charge >= 0.3 is 5.97 Å². The predicted octanol–water partition coefficient (Wildman–Crippen LogP) is 3.53. The van der Waals surface area contributed by atoms with E-state index in [0.29, 0.717) is 0 Å². The van der Waals surface area contributed by atoms with E-state index in [-0.39, 0.29) is 0 Å². The first-order valence-electron chi connectivity index (χ1n) is 4.87. The van der Waals surface area contributed by atoms with Crippen LogP contribution in [0.5, 0.6) is 0 Å². The molecule has 0 saturated heterocycles. The summed E-state index contributed by atoms with van der Waals surface area (Å²) in [5, 5.41) is 0. The second-order valence-corrected chi connectivity index (χ2v) is 3.42. The molecule has 0 amide bonds. The monoisotopic (exact) mass is 206 g/mol. The van der Waals surface area contributed by atoms with E-state index in [0.717, 1.165) is 24.5 Å². The van der Waals surface area contributed by atoms with Crippen molar-refractivity contribution in [2.24, 2.45) is 0 Å². The minimum absolute atomic E-state index is 0.455. The number of hydrogen-bond donors (Lipinski definition) is 0. The topological polar surface area (TPSA) is 26.3 Å². The number of hydrogen-bond acceptors (Lipinski definition) is 2. The number of carbonyl (C=O) groups excluding carboxylic acids is 1. The highest BCUT2D eigenvalue weighted by atomic mass is 16.5. The van der Waals surface area contributed by atoms with Gasteiger partial charge in [0.05, 0.1) is 6.26 Å². The van der Waals surface area contributed by atoms with Gasteiger partial charge in [-0.15, -0.1) is 0 Å². The van der Waals surface area contributed by atoms with Crippen LogP contribution in [-0.2, 0) is 9.53 Å². The highest BCUT2D eigenvalue weighted by molar-refractivity contribution is 5.81. The van der Waals surface area contributed by atoms with E-state index in [4.69, 9.17) is 0 Å². The van der Waals surface area contributed by atoms with E-state index in [1.165, 1.54) is 11.8 Å². The van der Waals surface area contributed by atoms with Crippen LogP contribution in [0.4, 0.5) is 0 Å². The molecule has 0 aliphatic heterocycles. The molecule has 82 valence electrons. The van der Waals surface area contributed by atoms with Gasteiger partial charge < -0.3 is 4.74 Å². The van der Waals surface area contributed by atoms with Gasteiger partial charge in [-0.1, -0.05) is 30.4 Å². The van der Waals surface area contributed by atoms with Crippen molar-refractivity contribution in [1.29, 1.82) is 0 Å². The Morgan fingerprint density at radius 2 is 2.07 bits per heavy atom. The van der Waals surface area contributed by atoms with Crippen LogP contribution in [-0.4, -0.2) is 5.97 Å². The zero-order valence-electron chi connectivity index (χ0n) is 9.45. The largest absolute Gasteiger partial charge is 0.431 e. The molecule has 2 nitrogen and oxygen atoms in total. The molecule has 0 aliphatic carbocycles. The summed E-state index contributed by atoms with van der Waals surface area (Å²) in [6.07, 6.45) is 8.13. The quantitative estimate of drug-likeness (QED) is 0.218. The smallest absolute Gasteiger partial charge is 0.334 e. The van der Waals surface area contributed by atoms with E-state index in [9.17, 15) is 4.79 Å². The van der Waals surface area contributed by atoms with E-state index in [2.05, 4.69) is 37.8 Å². The third-order valence-corrected chi connectivity index (χ3v) is 1.67. The van der Waals surface area contributed by atoms with Crippen molar-refractivity contribution >= 4 is 5.97 Å². The Bertz CT molecular complexity index is 292. The van der Waals surface area contributed by atoms with Crippen molar-refractivity contribution in [2.45, 2.75) is 26.7 Å². The van der Waals surface area contributed by atoms with Crippen LogP contribution < -0.4 is 0 Å². The molecule has 2 heteroatoms. The van der Waals surface area contributed by atoms with Gasteiger partial charge in [-0.2, -0.15) is 0 Å². The van der Waals surface area contributed by atoms with Gasteiger partial charge in [0.25, 0.3) is 0 Å². The summed E-state index contributed by atoms with van der Waals surface area (Å²) in [4.78, 5) is 10.7. The highest BCUT2D eigenvalue weighted by Gasteiger charge is 1.91. The maximum atomic E-state index is 10.7. The van der Waals surface area contributed by atoms with Crippen LogP contribution in [0.25, 0.3) is 0 Å². The van der Waals surface area contributed by atoms with Crippen LogP contribution in [0.2, 0.25) is 0 Å². The molecule has 0 aromatic rings. The Hall–Kier alpha value is -1.57. The van der Waals surface area contributed by atoms with Crippen LogP contribution >= 0.6 is 0 Å². The minimum atomic E-state index is -0.455. The van der Waals surface area contributed by atoms with Gasteiger partial charge in [-0.25, -0.2) is 4.79 Å². The van der Waals surface area contributed by atoms with Crippen LogP contribution in [0, 0.1) is 0 Å². The Morgan fingerprint density at radius 1 is 1.40 bits per heavy atom. The van der Waals surface area contributed by atoms with Crippen molar-refractivity contribution in [2.75, 3.05) is 0 Å². The summed E-state index contributed by atoms with van der Waals surface area (Å²) in [7, 11) is 0. The molecule has 15 heavy (non-hydrogen) atoms. The fourth-order valence-electron chi connectivity index (χ4n) is 0.875. The summed E-state index contributed by atoms with van der Waals surface area (Å²) >= 11 is 0. The molecule has 0 saturated carbocycles. The van der Waals surface area contributed by atoms with Gasteiger partial charge in [0.1, 0.15) is 0 Å². The highest BCUT2D eigenvalue weighted by Crippen LogP contribution is 2.06. The Morgan fingerprint density at radius 3 is 2.60 bits per heavy atom. The molecule has 0 bridgehead atoms. The first-order valence-corrected chi connectivity index (χ1v) is 4.87. The Balaban J connectivity index is 3.79. The van der Waals surface area contributed by atoms with E-state index < -0.39 is 5.97 Å². The zero-order valence-corrected chi connectivity index (χ0v) is 9.45. The SMILES string of the molecule is C=CC(=O)OC=CC(=C)CCC=C(C)C. The number of rotatable bonds is 6. The third kappa shape index (κ3) is 8.75. The molecule has 0 aromatic heterocycles. The van der Waals surface area contributed by atoms with E-state index in [1.54, 1.807) is 6.08 Å². The van der Waals surface area contributed by atoms with Crippen molar-refractivity contribution in [1.82, 2.24) is 0 Å². The fourth-order valence-corrected chi connectivity index (χ4v) is 0.875. The lowest BCUT2D eigenvalue weighted by Crippen LogP contribution is -1.92. The van der Waals surface area contributed by atoms with Gasteiger partial charge in [-0.3, -0.25) is 0 Å². The minimum Gasteiger partial charge on any atom is -0.431 e. The predicted molar refractivity (Wildman–Crippen MR) is 63.2 cm³/mol. The molecule has 0 heterocycles. The summed E-state index contributed by atoms with van der Waals surface area (Å²) in [6.45, 7) is 11.2. The molecule has 0 N–H and O–H groups in total. The number of carbonyl (C=O) groups is 1. The van der Waals surface area contributed by atoms with Gasteiger partial charge in [0.15, 0.2) is 0 Å². The summed E-state index contributed by atoms with van der Waals surface area (Å²) < 4.78 is 4.68. The first-order chi connectivity index (χ1) is 7.06. The van der Waals surface area contributed by atoms with Crippen LogP contribution in [0.15, 0.2) is 48.8 Å². The summed E-state index contributed by atoms with van der Waals surface area (Å²) in [5.41, 5.74) is 2.23. The molecule has 0 spiro atoms. The van der Waals surface area contributed by atoms with Crippen LogP contribution in [0.1, 0.15) is 26.7 Å². The van der Waals surface area contributed by atoms with E-state index in [1.807, 2.05) is 0 Å². The third-order valence-electron chi connectivity index (χ3n) is 1.67. The summed E-state index contributed by atoms with van der Waals surface area (Å²) in [5.74, 6) is -0.455. The number of ether oxygens (including phenoxy) is 1. The van der Waals surface area contributed by atoms with Crippen molar-refractivity contribution in [3.63, 3.8) is 0 Å². The zero-order chi connectivity index (χ0) is 11.7.